The molecular weight excluding hydrogens is 370 g/mol. The van der Waals surface area contributed by atoms with Crippen LogP contribution in [0.1, 0.15) is 49.6 Å². The Morgan fingerprint density at radius 3 is 2.48 bits per heavy atom. The van der Waals surface area contributed by atoms with Crippen molar-refractivity contribution in [3.63, 3.8) is 0 Å². The van der Waals surface area contributed by atoms with Crippen LogP contribution in [0.3, 0.4) is 0 Å². The standard InChI is InChI=1S/C22H31N3O4/c1-16-13-19(17(2)25(16)11-12-28-4)14-20(15-23)22(27)29-18(3)21(26)24-9-7-5-6-8-10-24/h13-14,18H,5-12H2,1-4H3/b20-14+/t18-/m1/s1. The van der Waals surface area contributed by atoms with Crippen molar-refractivity contribution in [2.24, 2.45) is 0 Å². The monoisotopic (exact) mass is 401 g/mol. The van der Waals surface area contributed by atoms with E-state index in [1.807, 2.05) is 26.0 Å². The number of ether oxygens (including phenoxy) is 2. The summed E-state index contributed by atoms with van der Waals surface area (Å²) in [6.45, 7) is 8.10. The van der Waals surface area contributed by atoms with Crippen LogP contribution in [0, 0.1) is 25.2 Å². The molecule has 1 aliphatic heterocycles. The van der Waals surface area contributed by atoms with Crippen molar-refractivity contribution in [2.45, 2.75) is 59.1 Å². The number of hydrogen-bond donors (Lipinski definition) is 0. The normalized spacial score (nSPS) is 16.1. The summed E-state index contributed by atoms with van der Waals surface area (Å²) < 4.78 is 12.5. The third-order valence-corrected chi connectivity index (χ3v) is 5.32. The maximum atomic E-state index is 12.6. The van der Waals surface area contributed by atoms with Gasteiger partial charge in [0.05, 0.1) is 6.61 Å². The van der Waals surface area contributed by atoms with Gasteiger partial charge in [0.2, 0.25) is 0 Å². The Kier molecular flexibility index (Phi) is 8.47. The Labute approximate surface area is 172 Å². The summed E-state index contributed by atoms with van der Waals surface area (Å²) in [7, 11) is 1.65. The van der Waals surface area contributed by atoms with E-state index in [1.165, 1.54) is 6.08 Å². The van der Waals surface area contributed by atoms with Crippen LogP contribution in [-0.4, -0.2) is 54.3 Å². The molecule has 0 N–H and O–H groups in total. The first-order valence-corrected chi connectivity index (χ1v) is 10.2. The molecule has 0 radical (unpaired) electrons. The average Bonchev–Trinajstić information content (AvgIpc) is 2.89. The van der Waals surface area contributed by atoms with Crippen LogP contribution in [0.15, 0.2) is 11.6 Å². The number of aromatic nitrogens is 1. The molecule has 1 aliphatic rings. The largest absolute Gasteiger partial charge is 0.448 e. The van der Waals surface area contributed by atoms with Crippen molar-refractivity contribution in [2.75, 3.05) is 26.8 Å². The number of rotatable bonds is 7. The predicted molar refractivity (Wildman–Crippen MR) is 110 cm³/mol. The number of esters is 1. The van der Waals surface area contributed by atoms with Crippen molar-refractivity contribution in [3.8, 4) is 6.07 Å². The van der Waals surface area contributed by atoms with Crippen LogP contribution in [0.5, 0.6) is 0 Å². The van der Waals surface area contributed by atoms with Gasteiger partial charge in [-0.25, -0.2) is 4.79 Å². The van der Waals surface area contributed by atoms with E-state index in [0.717, 1.165) is 42.6 Å². The van der Waals surface area contributed by atoms with E-state index in [4.69, 9.17) is 9.47 Å². The van der Waals surface area contributed by atoms with Crippen molar-refractivity contribution in [1.82, 2.24) is 9.47 Å². The van der Waals surface area contributed by atoms with Gasteiger partial charge in [0.1, 0.15) is 11.6 Å². The summed E-state index contributed by atoms with van der Waals surface area (Å²) in [6, 6.07) is 3.83. The van der Waals surface area contributed by atoms with Crippen LogP contribution in [0.4, 0.5) is 0 Å². The Morgan fingerprint density at radius 2 is 1.90 bits per heavy atom. The highest BCUT2D eigenvalue weighted by atomic mass is 16.5. The van der Waals surface area contributed by atoms with E-state index in [0.29, 0.717) is 26.2 Å². The average molecular weight is 402 g/mol. The Hall–Kier alpha value is -2.59. The first-order chi connectivity index (χ1) is 13.9. The van der Waals surface area contributed by atoms with Gasteiger partial charge in [0.15, 0.2) is 6.10 Å². The molecule has 0 unspecified atom stereocenters. The van der Waals surface area contributed by atoms with Crippen LogP contribution < -0.4 is 0 Å². The highest BCUT2D eigenvalue weighted by Gasteiger charge is 2.26. The zero-order chi connectivity index (χ0) is 21.4. The highest BCUT2D eigenvalue weighted by Crippen LogP contribution is 2.19. The minimum atomic E-state index is -0.911. The first-order valence-electron chi connectivity index (χ1n) is 10.2. The Morgan fingerprint density at radius 1 is 1.24 bits per heavy atom. The number of likely N-dealkylation sites (tertiary alicyclic amines) is 1. The molecule has 0 bridgehead atoms. The number of carbonyl (C=O) groups excluding carboxylic acids is 2. The van der Waals surface area contributed by atoms with Gasteiger partial charge in [-0.2, -0.15) is 5.26 Å². The summed E-state index contributed by atoms with van der Waals surface area (Å²) >= 11 is 0. The van der Waals surface area contributed by atoms with E-state index in [1.54, 1.807) is 18.9 Å². The molecule has 1 fully saturated rings. The van der Waals surface area contributed by atoms with Crippen molar-refractivity contribution < 1.29 is 19.1 Å². The lowest BCUT2D eigenvalue weighted by atomic mass is 10.1. The fourth-order valence-electron chi connectivity index (χ4n) is 3.62. The van der Waals surface area contributed by atoms with Gasteiger partial charge >= 0.3 is 5.97 Å². The highest BCUT2D eigenvalue weighted by molar-refractivity contribution is 5.99. The molecule has 0 aliphatic carbocycles. The third-order valence-electron chi connectivity index (χ3n) is 5.32. The molecule has 29 heavy (non-hydrogen) atoms. The summed E-state index contributed by atoms with van der Waals surface area (Å²) in [5.74, 6) is -0.972. The quantitative estimate of drug-likeness (QED) is 0.398. The van der Waals surface area contributed by atoms with Crippen LogP contribution in [0.25, 0.3) is 6.08 Å². The van der Waals surface area contributed by atoms with E-state index in [2.05, 4.69) is 4.57 Å². The van der Waals surface area contributed by atoms with Crippen molar-refractivity contribution in [1.29, 1.82) is 5.26 Å². The first kappa shape index (κ1) is 22.7. The van der Waals surface area contributed by atoms with Gasteiger partial charge in [-0.05, 0) is 51.3 Å². The van der Waals surface area contributed by atoms with E-state index >= 15 is 0 Å². The number of hydrogen-bond acceptors (Lipinski definition) is 5. The third kappa shape index (κ3) is 5.94. The second-order valence-electron chi connectivity index (χ2n) is 7.43. The SMILES string of the molecule is COCCn1c(C)cc(/C=C(\C#N)C(=O)O[C@H](C)C(=O)N2CCCCCC2)c1C. The number of carbonyl (C=O) groups is 2. The lowest BCUT2D eigenvalue weighted by molar-refractivity contribution is -0.155. The fourth-order valence-corrected chi connectivity index (χ4v) is 3.62. The van der Waals surface area contributed by atoms with Crippen molar-refractivity contribution in [3.05, 3.63) is 28.6 Å². The minimum Gasteiger partial charge on any atom is -0.448 e. The van der Waals surface area contributed by atoms with Gasteiger partial charge in [0, 0.05) is 38.1 Å². The summed E-state index contributed by atoms with van der Waals surface area (Å²) in [5.41, 5.74) is 2.61. The summed E-state index contributed by atoms with van der Waals surface area (Å²) in [5, 5.41) is 9.46. The number of nitriles is 1. The second kappa shape index (κ2) is 10.8. The van der Waals surface area contributed by atoms with E-state index in [-0.39, 0.29) is 11.5 Å². The molecule has 1 atom stereocenters. The molecule has 158 valence electrons. The maximum Gasteiger partial charge on any atom is 0.349 e. The number of amides is 1. The van der Waals surface area contributed by atoms with E-state index in [9.17, 15) is 14.9 Å². The number of nitrogens with zero attached hydrogens (tertiary/aromatic N) is 3. The molecule has 0 aromatic carbocycles. The molecule has 2 heterocycles. The Bertz CT molecular complexity index is 796. The van der Waals surface area contributed by atoms with Gasteiger partial charge in [-0.3, -0.25) is 4.79 Å². The van der Waals surface area contributed by atoms with Crippen molar-refractivity contribution >= 4 is 18.0 Å². The minimum absolute atomic E-state index is 0.118. The maximum absolute atomic E-state index is 12.6. The summed E-state index contributed by atoms with van der Waals surface area (Å²) in [4.78, 5) is 26.9. The molecule has 0 spiro atoms. The number of methoxy groups -OCH3 is 1. The van der Waals surface area contributed by atoms with Crippen LogP contribution >= 0.6 is 0 Å². The molecular formula is C22H31N3O4. The number of aryl methyl sites for hydroxylation is 1. The Balaban J connectivity index is 2.10. The lowest BCUT2D eigenvalue weighted by Gasteiger charge is -2.23. The molecule has 0 saturated carbocycles. The topological polar surface area (TPSA) is 84.6 Å². The molecule has 1 amide bonds. The smallest absolute Gasteiger partial charge is 0.349 e. The van der Waals surface area contributed by atoms with E-state index < -0.39 is 12.1 Å². The van der Waals surface area contributed by atoms with Crippen LogP contribution in [-0.2, 0) is 25.6 Å². The fraction of sp³-hybridized carbons (Fsp3) is 0.591. The van der Waals surface area contributed by atoms with Gasteiger partial charge < -0.3 is 18.9 Å². The molecule has 1 aromatic rings. The molecule has 2 rings (SSSR count). The molecule has 7 heteroatoms. The van der Waals surface area contributed by atoms with Crippen LogP contribution in [0.2, 0.25) is 0 Å². The second-order valence-corrected chi connectivity index (χ2v) is 7.43. The van der Waals surface area contributed by atoms with Gasteiger partial charge in [-0.1, -0.05) is 12.8 Å². The van der Waals surface area contributed by atoms with Gasteiger partial charge in [0.25, 0.3) is 5.91 Å². The molecule has 1 saturated heterocycles. The molecule has 1 aromatic heterocycles. The van der Waals surface area contributed by atoms with Gasteiger partial charge in [-0.15, -0.1) is 0 Å². The predicted octanol–water partition coefficient (Wildman–Crippen LogP) is 2.99. The zero-order valence-electron chi connectivity index (χ0n) is 17.9. The lowest BCUT2D eigenvalue weighted by Crippen LogP contribution is -2.40. The zero-order valence-corrected chi connectivity index (χ0v) is 17.9. The summed E-state index contributed by atoms with van der Waals surface area (Å²) in [6.07, 6.45) is 4.77. The molecule has 7 nitrogen and oxygen atoms in total.